The van der Waals surface area contributed by atoms with E-state index in [1.165, 1.54) is 17.8 Å². The normalized spacial score (nSPS) is 10.4. The summed E-state index contributed by atoms with van der Waals surface area (Å²) in [7, 11) is 0. The van der Waals surface area contributed by atoms with Gasteiger partial charge in [-0.2, -0.15) is 11.8 Å². The molecule has 1 aromatic carbocycles. The second-order valence-corrected chi connectivity index (χ2v) is 6.36. The number of nitrogens with one attached hydrogen (secondary N) is 1. The largest absolute Gasteiger partial charge is 0.355 e. The fourth-order valence-corrected chi connectivity index (χ4v) is 3.08. The van der Waals surface area contributed by atoms with E-state index >= 15 is 0 Å². The number of carbonyl (C=O) groups is 1. The molecule has 0 unspecified atom stereocenters. The molecule has 7 heteroatoms. The van der Waals surface area contributed by atoms with Gasteiger partial charge in [-0.25, -0.2) is 14.4 Å². The summed E-state index contributed by atoms with van der Waals surface area (Å²) in [5.41, 5.74) is 0.690. The molecule has 0 aliphatic heterocycles. The number of hydrogen-bond acceptors (Lipinski definition) is 5. The van der Waals surface area contributed by atoms with Crippen LogP contribution in [0.4, 0.5) is 4.39 Å². The second kappa shape index (κ2) is 9.42. The van der Waals surface area contributed by atoms with Gasteiger partial charge in [-0.3, -0.25) is 4.79 Å². The molecule has 116 valence electrons. The van der Waals surface area contributed by atoms with Crippen LogP contribution in [0.2, 0.25) is 0 Å². The van der Waals surface area contributed by atoms with Crippen molar-refractivity contribution >= 4 is 29.4 Å². The molecule has 1 amide bonds. The van der Waals surface area contributed by atoms with Crippen LogP contribution in [0, 0.1) is 5.82 Å². The van der Waals surface area contributed by atoms with Crippen molar-refractivity contribution in [3.8, 4) is 0 Å². The third-order valence-electron chi connectivity index (χ3n) is 2.66. The summed E-state index contributed by atoms with van der Waals surface area (Å²) < 4.78 is 13.4. The van der Waals surface area contributed by atoms with Gasteiger partial charge >= 0.3 is 0 Å². The molecule has 0 aliphatic carbocycles. The molecule has 4 nitrogen and oxygen atoms in total. The number of carbonyl (C=O) groups excluding carboxylic acids is 1. The van der Waals surface area contributed by atoms with Crippen molar-refractivity contribution < 1.29 is 9.18 Å². The Labute approximate surface area is 137 Å². The van der Waals surface area contributed by atoms with E-state index in [2.05, 4.69) is 15.3 Å². The molecule has 1 heterocycles. The first-order chi connectivity index (χ1) is 10.8. The Morgan fingerprint density at radius 3 is 2.73 bits per heavy atom. The molecule has 0 radical (unpaired) electrons. The highest BCUT2D eigenvalue weighted by molar-refractivity contribution is 7.99. The first kappa shape index (κ1) is 16.8. The monoisotopic (exact) mass is 337 g/mol. The van der Waals surface area contributed by atoms with Crippen LogP contribution in [0.15, 0.2) is 47.9 Å². The van der Waals surface area contributed by atoms with E-state index in [1.54, 1.807) is 42.4 Å². The van der Waals surface area contributed by atoms with Crippen LogP contribution in [0.3, 0.4) is 0 Å². The van der Waals surface area contributed by atoms with Crippen LogP contribution in [0.5, 0.6) is 0 Å². The van der Waals surface area contributed by atoms with E-state index in [1.807, 2.05) is 6.07 Å². The van der Waals surface area contributed by atoms with Gasteiger partial charge in [0.05, 0.1) is 5.75 Å². The third-order valence-corrected chi connectivity index (χ3v) is 4.54. The lowest BCUT2D eigenvalue weighted by molar-refractivity contribution is -0.118. The van der Waals surface area contributed by atoms with Crippen LogP contribution < -0.4 is 5.32 Å². The first-order valence-electron chi connectivity index (χ1n) is 6.73. The first-order valence-corrected chi connectivity index (χ1v) is 8.87. The molecule has 0 spiro atoms. The van der Waals surface area contributed by atoms with Gasteiger partial charge in [-0.05, 0) is 17.7 Å². The molecule has 0 fully saturated rings. The summed E-state index contributed by atoms with van der Waals surface area (Å²) in [6.07, 6.45) is 3.29. The van der Waals surface area contributed by atoms with E-state index in [0.29, 0.717) is 28.8 Å². The standard InChI is InChI=1S/C15H16FN3OS2/c16-13-5-2-1-4-12(13)10-21-9-8-17-14(20)11-22-15-18-6-3-7-19-15/h1-7H,8-11H2,(H,17,20). The van der Waals surface area contributed by atoms with Crippen LogP contribution in [-0.4, -0.2) is 33.9 Å². The Balaban J connectivity index is 1.57. The van der Waals surface area contributed by atoms with Crippen molar-refractivity contribution in [1.29, 1.82) is 0 Å². The average Bonchev–Trinajstić information content (AvgIpc) is 2.55. The highest BCUT2D eigenvalue weighted by atomic mass is 32.2. The van der Waals surface area contributed by atoms with Gasteiger partial charge < -0.3 is 5.32 Å². The number of thioether (sulfide) groups is 2. The molecule has 2 rings (SSSR count). The minimum Gasteiger partial charge on any atom is -0.355 e. The molecule has 0 bridgehead atoms. The van der Waals surface area contributed by atoms with E-state index in [-0.39, 0.29) is 11.7 Å². The summed E-state index contributed by atoms with van der Waals surface area (Å²) in [6.45, 7) is 0.564. The molecule has 0 saturated carbocycles. The molecule has 22 heavy (non-hydrogen) atoms. The zero-order valence-electron chi connectivity index (χ0n) is 11.9. The maximum atomic E-state index is 13.4. The predicted octanol–water partition coefficient (Wildman–Crippen LogP) is 2.76. The SMILES string of the molecule is O=C(CSc1ncccn1)NCCSCc1ccccc1F. The van der Waals surface area contributed by atoms with Gasteiger partial charge in [0.25, 0.3) is 0 Å². The van der Waals surface area contributed by atoms with E-state index in [9.17, 15) is 9.18 Å². The zero-order chi connectivity index (χ0) is 15.6. The van der Waals surface area contributed by atoms with Crippen molar-refractivity contribution in [1.82, 2.24) is 15.3 Å². The van der Waals surface area contributed by atoms with Crippen LogP contribution in [0.25, 0.3) is 0 Å². The van der Waals surface area contributed by atoms with Crippen LogP contribution in [0.1, 0.15) is 5.56 Å². The number of nitrogens with zero attached hydrogens (tertiary/aromatic N) is 2. The lowest BCUT2D eigenvalue weighted by Gasteiger charge is -2.05. The third kappa shape index (κ3) is 6.03. The summed E-state index contributed by atoms with van der Waals surface area (Å²) in [6, 6.07) is 8.47. The van der Waals surface area contributed by atoms with E-state index in [4.69, 9.17) is 0 Å². The Morgan fingerprint density at radius 1 is 1.18 bits per heavy atom. The molecule has 0 saturated heterocycles. The molecular weight excluding hydrogens is 321 g/mol. The van der Waals surface area contributed by atoms with Crippen LogP contribution in [-0.2, 0) is 10.5 Å². The van der Waals surface area contributed by atoms with E-state index in [0.717, 1.165) is 5.75 Å². The fraction of sp³-hybridized carbons (Fsp3) is 0.267. The minimum atomic E-state index is -0.182. The fourth-order valence-electron chi connectivity index (χ4n) is 1.60. The number of aromatic nitrogens is 2. The Bertz CT molecular complexity index is 598. The molecule has 0 aliphatic rings. The highest BCUT2D eigenvalue weighted by Crippen LogP contribution is 2.14. The van der Waals surface area contributed by atoms with Crippen molar-refractivity contribution in [3.05, 3.63) is 54.1 Å². The van der Waals surface area contributed by atoms with Gasteiger partial charge in [0.2, 0.25) is 5.91 Å². The van der Waals surface area contributed by atoms with Crippen molar-refractivity contribution in [2.24, 2.45) is 0 Å². The predicted molar refractivity (Wildman–Crippen MR) is 88.3 cm³/mol. The average molecular weight is 337 g/mol. The maximum Gasteiger partial charge on any atom is 0.230 e. The van der Waals surface area contributed by atoms with Crippen molar-refractivity contribution in [2.45, 2.75) is 10.9 Å². The summed E-state index contributed by atoms with van der Waals surface area (Å²) in [4.78, 5) is 19.7. The van der Waals surface area contributed by atoms with Crippen LogP contribution >= 0.6 is 23.5 Å². The number of amides is 1. The van der Waals surface area contributed by atoms with Crippen molar-refractivity contribution in [2.75, 3.05) is 18.1 Å². The Hall–Kier alpha value is -1.60. The van der Waals surface area contributed by atoms with Gasteiger partial charge in [0, 0.05) is 30.4 Å². The number of hydrogen-bond donors (Lipinski definition) is 1. The van der Waals surface area contributed by atoms with Gasteiger partial charge in [-0.15, -0.1) is 0 Å². The number of benzene rings is 1. The molecule has 1 N–H and O–H groups in total. The second-order valence-electron chi connectivity index (χ2n) is 4.31. The lowest BCUT2D eigenvalue weighted by Crippen LogP contribution is -2.27. The molecular formula is C15H16FN3OS2. The Kier molecular flexibility index (Phi) is 7.18. The topological polar surface area (TPSA) is 54.9 Å². The quantitative estimate of drug-likeness (QED) is 0.456. The number of rotatable bonds is 8. The zero-order valence-corrected chi connectivity index (χ0v) is 13.5. The van der Waals surface area contributed by atoms with Crippen molar-refractivity contribution in [3.63, 3.8) is 0 Å². The minimum absolute atomic E-state index is 0.0519. The number of halogens is 1. The van der Waals surface area contributed by atoms with Gasteiger partial charge in [-0.1, -0.05) is 30.0 Å². The maximum absolute atomic E-state index is 13.4. The Morgan fingerprint density at radius 2 is 1.95 bits per heavy atom. The van der Waals surface area contributed by atoms with E-state index < -0.39 is 0 Å². The smallest absolute Gasteiger partial charge is 0.230 e. The molecule has 1 aromatic heterocycles. The molecule has 0 atom stereocenters. The lowest BCUT2D eigenvalue weighted by atomic mass is 10.2. The summed E-state index contributed by atoms with van der Waals surface area (Å²) in [5.74, 6) is 1.41. The highest BCUT2D eigenvalue weighted by Gasteiger charge is 2.04. The summed E-state index contributed by atoms with van der Waals surface area (Å²) >= 11 is 2.89. The summed E-state index contributed by atoms with van der Waals surface area (Å²) in [5, 5.41) is 3.41. The van der Waals surface area contributed by atoms with Gasteiger partial charge in [0.15, 0.2) is 5.16 Å². The van der Waals surface area contributed by atoms with Gasteiger partial charge in [0.1, 0.15) is 5.82 Å². The molecule has 2 aromatic rings.